The Bertz CT molecular complexity index is 372. The molecule has 0 saturated carbocycles. The standard InChI is InChI=1S/C14H26N4/c1-6-14(7-2,18(4)5)13(17-15)12-8-11(3)9-16-10-12/h8-10,13,17H,6-7,15H2,1-5H3. The van der Waals surface area contributed by atoms with Crippen molar-refractivity contribution in [2.24, 2.45) is 5.84 Å². The summed E-state index contributed by atoms with van der Waals surface area (Å²) in [5.41, 5.74) is 5.30. The summed E-state index contributed by atoms with van der Waals surface area (Å²) < 4.78 is 0. The maximum absolute atomic E-state index is 5.83. The van der Waals surface area contributed by atoms with Crippen LogP contribution in [0.3, 0.4) is 0 Å². The first-order chi connectivity index (χ1) is 8.51. The van der Waals surface area contributed by atoms with Crippen LogP contribution in [0.2, 0.25) is 0 Å². The third kappa shape index (κ3) is 2.71. The van der Waals surface area contributed by atoms with Crippen molar-refractivity contribution in [1.29, 1.82) is 0 Å². The number of likely N-dealkylation sites (N-methyl/N-ethyl adjacent to an activating group) is 1. The quantitative estimate of drug-likeness (QED) is 0.599. The molecule has 102 valence electrons. The summed E-state index contributed by atoms with van der Waals surface area (Å²) in [6.45, 7) is 6.47. The average molecular weight is 250 g/mol. The first-order valence-corrected chi connectivity index (χ1v) is 6.57. The minimum Gasteiger partial charge on any atom is -0.302 e. The first kappa shape index (κ1) is 15.1. The lowest BCUT2D eigenvalue weighted by atomic mass is 9.80. The second kappa shape index (κ2) is 6.27. The van der Waals surface area contributed by atoms with Crippen molar-refractivity contribution in [3.05, 3.63) is 29.6 Å². The average Bonchev–Trinajstić information content (AvgIpc) is 2.35. The highest BCUT2D eigenvalue weighted by Crippen LogP contribution is 2.35. The van der Waals surface area contributed by atoms with E-state index >= 15 is 0 Å². The van der Waals surface area contributed by atoms with Crippen LogP contribution in [0.15, 0.2) is 18.5 Å². The largest absolute Gasteiger partial charge is 0.302 e. The zero-order valence-electron chi connectivity index (χ0n) is 12.2. The van der Waals surface area contributed by atoms with Gasteiger partial charge in [-0.3, -0.25) is 16.3 Å². The molecule has 0 aliphatic rings. The van der Waals surface area contributed by atoms with Crippen LogP contribution in [0.5, 0.6) is 0 Å². The number of pyridine rings is 1. The van der Waals surface area contributed by atoms with Crippen LogP contribution in [-0.2, 0) is 0 Å². The highest BCUT2D eigenvalue weighted by atomic mass is 15.3. The van der Waals surface area contributed by atoms with Crippen molar-refractivity contribution in [2.75, 3.05) is 14.1 Å². The van der Waals surface area contributed by atoms with Gasteiger partial charge < -0.3 is 4.90 Å². The lowest BCUT2D eigenvalue weighted by molar-refractivity contribution is 0.0880. The molecule has 1 aromatic heterocycles. The molecule has 3 N–H and O–H groups in total. The van der Waals surface area contributed by atoms with E-state index in [2.05, 4.69) is 56.2 Å². The molecular formula is C14H26N4. The van der Waals surface area contributed by atoms with Gasteiger partial charge >= 0.3 is 0 Å². The van der Waals surface area contributed by atoms with Crippen molar-refractivity contribution in [1.82, 2.24) is 15.3 Å². The van der Waals surface area contributed by atoms with Crippen LogP contribution in [-0.4, -0.2) is 29.5 Å². The number of nitrogens with two attached hydrogens (primary N) is 1. The highest BCUT2D eigenvalue weighted by molar-refractivity contribution is 5.24. The first-order valence-electron chi connectivity index (χ1n) is 6.57. The molecule has 0 amide bonds. The molecule has 0 aliphatic carbocycles. The topological polar surface area (TPSA) is 54.2 Å². The summed E-state index contributed by atoms with van der Waals surface area (Å²) >= 11 is 0. The molecule has 1 aromatic rings. The minimum atomic E-state index is 0.00419. The summed E-state index contributed by atoms with van der Waals surface area (Å²) in [6.07, 6.45) is 5.83. The van der Waals surface area contributed by atoms with E-state index in [1.165, 1.54) is 0 Å². The zero-order chi connectivity index (χ0) is 13.8. The van der Waals surface area contributed by atoms with E-state index in [0.717, 1.165) is 24.0 Å². The number of aromatic nitrogens is 1. The summed E-state index contributed by atoms with van der Waals surface area (Å²) in [5, 5.41) is 0. The van der Waals surface area contributed by atoms with Gasteiger partial charge in [0.05, 0.1) is 6.04 Å². The number of hydrogen-bond donors (Lipinski definition) is 2. The summed E-state index contributed by atoms with van der Waals surface area (Å²) in [5.74, 6) is 5.83. The van der Waals surface area contributed by atoms with Gasteiger partial charge in [0.1, 0.15) is 0 Å². The monoisotopic (exact) mass is 250 g/mol. The van der Waals surface area contributed by atoms with Crippen LogP contribution in [0.25, 0.3) is 0 Å². The van der Waals surface area contributed by atoms with E-state index in [-0.39, 0.29) is 11.6 Å². The number of aryl methyl sites for hydroxylation is 1. The van der Waals surface area contributed by atoms with Crippen molar-refractivity contribution in [2.45, 2.75) is 45.2 Å². The van der Waals surface area contributed by atoms with Gasteiger partial charge in [0, 0.05) is 17.9 Å². The number of rotatable bonds is 6. The molecule has 0 fully saturated rings. The van der Waals surface area contributed by atoms with Gasteiger partial charge in [-0.2, -0.15) is 0 Å². The molecule has 1 rings (SSSR count). The Morgan fingerprint density at radius 1 is 1.33 bits per heavy atom. The molecular weight excluding hydrogens is 224 g/mol. The van der Waals surface area contributed by atoms with Crippen molar-refractivity contribution in [3.8, 4) is 0 Å². The molecule has 1 unspecified atom stereocenters. The summed E-state index contributed by atoms with van der Waals surface area (Å²) in [4.78, 5) is 6.54. The van der Waals surface area contributed by atoms with Crippen LogP contribution in [0, 0.1) is 6.92 Å². The van der Waals surface area contributed by atoms with Crippen LogP contribution < -0.4 is 11.3 Å². The van der Waals surface area contributed by atoms with E-state index in [1.54, 1.807) is 0 Å². The lowest BCUT2D eigenvalue weighted by Crippen LogP contribution is -2.54. The Hall–Kier alpha value is -0.970. The summed E-state index contributed by atoms with van der Waals surface area (Å²) in [6, 6.07) is 2.23. The molecule has 18 heavy (non-hydrogen) atoms. The Labute approximate surface area is 111 Å². The predicted octanol–water partition coefficient (Wildman–Crippen LogP) is 2.01. The van der Waals surface area contributed by atoms with Crippen molar-refractivity contribution in [3.63, 3.8) is 0 Å². The van der Waals surface area contributed by atoms with Crippen molar-refractivity contribution < 1.29 is 0 Å². The van der Waals surface area contributed by atoms with E-state index in [1.807, 2.05) is 12.4 Å². The molecule has 0 bridgehead atoms. The van der Waals surface area contributed by atoms with Gasteiger partial charge in [0.25, 0.3) is 0 Å². The van der Waals surface area contributed by atoms with E-state index < -0.39 is 0 Å². The molecule has 4 nitrogen and oxygen atoms in total. The normalized spacial score (nSPS) is 13.9. The second-order valence-corrected chi connectivity index (χ2v) is 5.10. The van der Waals surface area contributed by atoms with Crippen LogP contribution >= 0.6 is 0 Å². The number of hydrazine groups is 1. The SMILES string of the molecule is CCC(CC)(C(NN)c1cncc(C)c1)N(C)C. The highest BCUT2D eigenvalue weighted by Gasteiger charge is 2.38. The lowest BCUT2D eigenvalue weighted by Gasteiger charge is -2.45. The molecule has 0 radical (unpaired) electrons. The van der Waals surface area contributed by atoms with Crippen LogP contribution in [0.4, 0.5) is 0 Å². The van der Waals surface area contributed by atoms with Crippen LogP contribution in [0.1, 0.15) is 43.9 Å². The fraction of sp³-hybridized carbons (Fsp3) is 0.643. The fourth-order valence-electron chi connectivity index (χ4n) is 2.85. The molecule has 0 saturated heterocycles. The third-order valence-electron chi connectivity index (χ3n) is 4.05. The molecule has 0 spiro atoms. The van der Waals surface area contributed by atoms with Gasteiger partial charge in [0.15, 0.2) is 0 Å². The van der Waals surface area contributed by atoms with Gasteiger partial charge in [-0.25, -0.2) is 0 Å². The maximum atomic E-state index is 5.83. The Morgan fingerprint density at radius 2 is 1.94 bits per heavy atom. The summed E-state index contributed by atoms with van der Waals surface area (Å²) in [7, 11) is 4.22. The van der Waals surface area contributed by atoms with E-state index in [9.17, 15) is 0 Å². The molecule has 4 heteroatoms. The van der Waals surface area contributed by atoms with Gasteiger partial charge in [0.2, 0.25) is 0 Å². The molecule has 0 aliphatic heterocycles. The van der Waals surface area contributed by atoms with Gasteiger partial charge in [-0.15, -0.1) is 0 Å². The van der Waals surface area contributed by atoms with E-state index in [4.69, 9.17) is 5.84 Å². The third-order valence-corrected chi connectivity index (χ3v) is 4.05. The van der Waals surface area contributed by atoms with Gasteiger partial charge in [-0.05, 0) is 45.0 Å². The smallest absolute Gasteiger partial charge is 0.0658 e. The van der Waals surface area contributed by atoms with E-state index in [0.29, 0.717) is 0 Å². The fourth-order valence-corrected chi connectivity index (χ4v) is 2.85. The second-order valence-electron chi connectivity index (χ2n) is 5.10. The Morgan fingerprint density at radius 3 is 2.33 bits per heavy atom. The molecule has 1 atom stereocenters. The molecule has 0 aromatic carbocycles. The predicted molar refractivity (Wildman–Crippen MR) is 76.0 cm³/mol. The Balaban J connectivity index is 3.22. The van der Waals surface area contributed by atoms with Gasteiger partial charge in [-0.1, -0.05) is 19.9 Å². The number of nitrogens with zero attached hydrogens (tertiary/aromatic N) is 2. The number of nitrogens with one attached hydrogen (secondary N) is 1. The maximum Gasteiger partial charge on any atom is 0.0658 e. The minimum absolute atomic E-state index is 0.00419. The Kier molecular flexibility index (Phi) is 5.26. The van der Waals surface area contributed by atoms with Crippen molar-refractivity contribution >= 4 is 0 Å². The number of hydrogen-bond acceptors (Lipinski definition) is 4. The molecule has 1 heterocycles. The zero-order valence-corrected chi connectivity index (χ0v) is 12.2.